The Kier molecular flexibility index (Phi) is 6.83. The van der Waals surface area contributed by atoms with Gasteiger partial charge in [0, 0.05) is 30.6 Å². The number of hydrogen-bond donors (Lipinski definition) is 1. The van der Waals surface area contributed by atoms with E-state index in [4.69, 9.17) is 21.4 Å². The van der Waals surface area contributed by atoms with Gasteiger partial charge in [0.25, 0.3) is 5.91 Å². The van der Waals surface area contributed by atoms with Gasteiger partial charge in [0.05, 0.1) is 5.56 Å². The molecular weight excluding hydrogens is 342 g/mol. The number of carboxylic acid groups (broad SMARTS) is 1. The molecule has 0 saturated heterocycles. The van der Waals surface area contributed by atoms with Crippen LogP contribution >= 0.6 is 11.6 Å². The first-order chi connectivity index (χ1) is 12.0. The van der Waals surface area contributed by atoms with Gasteiger partial charge in [0.15, 0.2) is 0 Å². The summed E-state index contributed by atoms with van der Waals surface area (Å²) in [6.07, 6.45) is 0.433. The number of amides is 1. The van der Waals surface area contributed by atoms with Crippen LogP contribution in [0.4, 0.5) is 0 Å². The zero-order valence-corrected chi connectivity index (χ0v) is 14.7. The highest BCUT2D eigenvalue weighted by atomic mass is 35.5. The Labute approximate surface area is 151 Å². The second kappa shape index (κ2) is 9.08. The SMILES string of the molecule is CN(CCCC(=O)O)C(=O)c1ccccc1OCc1ccccc1Cl. The number of para-hydroxylation sites is 1. The van der Waals surface area contributed by atoms with Crippen LogP contribution in [0.1, 0.15) is 28.8 Å². The molecule has 0 heterocycles. The first kappa shape index (κ1) is 18.8. The fraction of sp³-hybridized carbons (Fsp3) is 0.263. The smallest absolute Gasteiger partial charge is 0.303 e. The summed E-state index contributed by atoms with van der Waals surface area (Å²) in [5.74, 6) is -0.609. The number of rotatable bonds is 8. The summed E-state index contributed by atoms with van der Waals surface area (Å²) in [5, 5.41) is 9.30. The van der Waals surface area contributed by atoms with E-state index in [-0.39, 0.29) is 18.9 Å². The molecule has 0 spiro atoms. The molecule has 2 rings (SSSR count). The van der Waals surface area contributed by atoms with Gasteiger partial charge in [-0.15, -0.1) is 0 Å². The Morgan fingerprint density at radius 2 is 1.80 bits per heavy atom. The molecule has 2 aromatic carbocycles. The highest BCUT2D eigenvalue weighted by Crippen LogP contribution is 2.23. The van der Waals surface area contributed by atoms with Crippen molar-refractivity contribution in [1.82, 2.24) is 4.90 Å². The van der Waals surface area contributed by atoms with Crippen molar-refractivity contribution in [2.75, 3.05) is 13.6 Å². The molecule has 132 valence electrons. The number of carbonyl (C=O) groups is 2. The lowest BCUT2D eigenvalue weighted by Gasteiger charge is -2.19. The summed E-state index contributed by atoms with van der Waals surface area (Å²) in [7, 11) is 1.65. The summed E-state index contributed by atoms with van der Waals surface area (Å²) in [6, 6.07) is 14.3. The number of aliphatic carboxylic acids is 1. The summed E-state index contributed by atoms with van der Waals surface area (Å²) < 4.78 is 5.79. The third-order valence-electron chi connectivity index (χ3n) is 3.69. The lowest BCUT2D eigenvalue weighted by atomic mass is 10.1. The number of carboxylic acids is 1. The van der Waals surface area contributed by atoms with Crippen molar-refractivity contribution in [3.63, 3.8) is 0 Å². The number of ether oxygens (including phenoxy) is 1. The largest absolute Gasteiger partial charge is 0.488 e. The van der Waals surface area contributed by atoms with E-state index in [2.05, 4.69) is 0 Å². The van der Waals surface area contributed by atoms with Gasteiger partial charge in [0.2, 0.25) is 0 Å². The molecule has 0 fully saturated rings. The Morgan fingerprint density at radius 3 is 2.52 bits per heavy atom. The van der Waals surface area contributed by atoms with Crippen molar-refractivity contribution in [3.05, 3.63) is 64.7 Å². The van der Waals surface area contributed by atoms with Gasteiger partial charge in [-0.05, 0) is 24.6 Å². The van der Waals surface area contributed by atoms with Crippen molar-refractivity contribution in [2.24, 2.45) is 0 Å². The van der Waals surface area contributed by atoms with Crippen LogP contribution in [-0.4, -0.2) is 35.5 Å². The van der Waals surface area contributed by atoms with E-state index in [1.165, 1.54) is 4.90 Å². The van der Waals surface area contributed by atoms with Gasteiger partial charge >= 0.3 is 5.97 Å². The monoisotopic (exact) mass is 361 g/mol. The van der Waals surface area contributed by atoms with E-state index < -0.39 is 5.97 Å². The molecule has 1 N–H and O–H groups in total. The van der Waals surface area contributed by atoms with Gasteiger partial charge in [-0.2, -0.15) is 0 Å². The second-order valence-electron chi connectivity index (χ2n) is 5.60. The van der Waals surface area contributed by atoms with E-state index in [1.54, 1.807) is 37.4 Å². The predicted molar refractivity (Wildman–Crippen MR) is 96.1 cm³/mol. The first-order valence-electron chi connectivity index (χ1n) is 7.91. The predicted octanol–water partition coefficient (Wildman–Crippen LogP) is 3.86. The quantitative estimate of drug-likeness (QED) is 0.775. The van der Waals surface area contributed by atoms with E-state index in [0.29, 0.717) is 29.3 Å². The average molecular weight is 362 g/mol. The Bertz CT molecular complexity index is 748. The molecule has 0 atom stereocenters. The van der Waals surface area contributed by atoms with Crippen molar-refractivity contribution < 1.29 is 19.4 Å². The van der Waals surface area contributed by atoms with Gasteiger partial charge in [-0.3, -0.25) is 9.59 Å². The molecule has 0 aromatic heterocycles. The van der Waals surface area contributed by atoms with Crippen LogP contribution in [0.5, 0.6) is 5.75 Å². The standard InChI is InChI=1S/C19H20ClNO4/c1-21(12-6-11-18(22)23)19(24)15-8-3-5-10-17(15)25-13-14-7-2-4-9-16(14)20/h2-5,7-10H,6,11-13H2,1H3,(H,22,23). The topological polar surface area (TPSA) is 66.8 Å². The van der Waals surface area contributed by atoms with Crippen LogP contribution in [0.2, 0.25) is 5.02 Å². The van der Waals surface area contributed by atoms with E-state index in [0.717, 1.165) is 5.56 Å². The summed E-state index contributed by atoms with van der Waals surface area (Å²) in [5.41, 5.74) is 1.27. The molecule has 0 radical (unpaired) electrons. The summed E-state index contributed by atoms with van der Waals surface area (Å²) in [4.78, 5) is 24.7. The maximum absolute atomic E-state index is 12.6. The van der Waals surface area contributed by atoms with E-state index >= 15 is 0 Å². The minimum Gasteiger partial charge on any atom is -0.488 e. The molecule has 1 amide bonds. The number of halogens is 1. The van der Waals surface area contributed by atoms with Crippen molar-refractivity contribution in [1.29, 1.82) is 0 Å². The molecular formula is C19H20ClNO4. The molecule has 0 aliphatic heterocycles. The van der Waals surface area contributed by atoms with Gasteiger partial charge in [-0.25, -0.2) is 0 Å². The number of carbonyl (C=O) groups excluding carboxylic acids is 1. The third-order valence-corrected chi connectivity index (χ3v) is 4.06. The third kappa shape index (κ3) is 5.50. The molecule has 0 unspecified atom stereocenters. The van der Waals surface area contributed by atoms with Crippen LogP contribution in [0.3, 0.4) is 0 Å². The average Bonchev–Trinajstić information content (AvgIpc) is 2.60. The molecule has 2 aromatic rings. The number of nitrogens with zero attached hydrogens (tertiary/aromatic N) is 1. The molecule has 6 heteroatoms. The molecule has 5 nitrogen and oxygen atoms in total. The van der Waals surface area contributed by atoms with Crippen LogP contribution in [-0.2, 0) is 11.4 Å². The van der Waals surface area contributed by atoms with E-state index in [1.807, 2.05) is 18.2 Å². The van der Waals surface area contributed by atoms with Crippen molar-refractivity contribution in [2.45, 2.75) is 19.4 Å². The van der Waals surface area contributed by atoms with E-state index in [9.17, 15) is 9.59 Å². The van der Waals surface area contributed by atoms with Crippen LogP contribution in [0.25, 0.3) is 0 Å². The minimum atomic E-state index is -0.871. The highest BCUT2D eigenvalue weighted by Gasteiger charge is 2.17. The lowest BCUT2D eigenvalue weighted by molar-refractivity contribution is -0.137. The fourth-order valence-corrected chi connectivity index (χ4v) is 2.51. The first-order valence-corrected chi connectivity index (χ1v) is 8.29. The maximum atomic E-state index is 12.6. The van der Waals surface area contributed by atoms with Crippen LogP contribution in [0, 0.1) is 0 Å². The van der Waals surface area contributed by atoms with Gasteiger partial charge < -0.3 is 14.7 Å². The summed E-state index contributed by atoms with van der Waals surface area (Å²) >= 11 is 6.12. The number of benzene rings is 2. The second-order valence-corrected chi connectivity index (χ2v) is 6.01. The summed E-state index contributed by atoms with van der Waals surface area (Å²) in [6.45, 7) is 0.622. The molecule has 0 saturated carbocycles. The van der Waals surface area contributed by atoms with Gasteiger partial charge in [0.1, 0.15) is 12.4 Å². The Morgan fingerprint density at radius 1 is 1.12 bits per heavy atom. The number of hydrogen-bond acceptors (Lipinski definition) is 3. The molecule has 25 heavy (non-hydrogen) atoms. The van der Waals surface area contributed by atoms with Crippen molar-refractivity contribution >= 4 is 23.5 Å². The van der Waals surface area contributed by atoms with Crippen LogP contribution < -0.4 is 4.74 Å². The lowest BCUT2D eigenvalue weighted by Crippen LogP contribution is -2.28. The highest BCUT2D eigenvalue weighted by molar-refractivity contribution is 6.31. The Hall–Kier alpha value is -2.53. The molecule has 0 aliphatic rings. The molecule has 0 aliphatic carbocycles. The van der Waals surface area contributed by atoms with Gasteiger partial charge in [-0.1, -0.05) is 41.9 Å². The Balaban J connectivity index is 2.05. The van der Waals surface area contributed by atoms with Crippen LogP contribution in [0.15, 0.2) is 48.5 Å². The zero-order chi connectivity index (χ0) is 18.2. The zero-order valence-electron chi connectivity index (χ0n) is 13.9. The normalized spacial score (nSPS) is 10.3. The minimum absolute atomic E-state index is 0.0300. The molecule has 0 bridgehead atoms. The van der Waals surface area contributed by atoms with Crippen molar-refractivity contribution in [3.8, 4) is 5.75 Å². The fourth-order valence-electron chi connectivity index (χ4n) is 2.31. The maximum Gasteiger partial charge on any atom is 0.303 e.